The zero-order valence-electron chi connectivity index (χ0n) is 59.5. The van der Waals surface area contributed by atoms with Crippen molar-refractivity contribution in [3.8, 4) is 0 Å². The molecule has 0 aromatic carbocycles. The molecule has 0 rings (SSSR count). The van der Waals surface area contributed by atoms with Crippen LogP contribution in [-0.4, -0.2) is 96.7 Å². The summed E-state index contributed by atoms with van der Waals surface area (Å²) in [5.41, 5.74) is 0. The number of unbranched alkanes of at least 4 members (excludes halogenated alkanes) is 33. The zero-order valence-corrected chi connectivity index (χ0v) is 61.3. The third-order valence-corrected chi connectivity index (χ3v) is 18.5. The number of esters is 4. The average molecular weight is 1350 g/mol. The molecule has 19 heteroatoms. The highest BCUT2D eigenvalue weighted by molar-refractivity contribution is 7.47. The lowest BCUT2D eigenvalue weighted by Gasteiger charge is -2.21. The van der Waals surface area contributed by atoms with Gasteiger partial charge in [-0.25, -0.2) is 9.13 Å². The van der Waals surface area contributed by atoms with Crippen molar-refractivity contribution in [3.63, 3.8) is 0 Å². The molecule has 0 heterocycles. The predicted molar refractivity (Wildman–Crippen MR) is 372 cm³/mol. The smallest absolute Gasteiger partial charge is 0.462 e. The van der Waals surface area contributed by atoms with Gasteiger partial charge >= 0.3 is 39.5 Å². The molecular weight excluding hydrogens is 1210 g/mol. The number of phosphoric acid groups is 2. The van der Waals surface area contributed by atoms with E-state index in [9.17, 15) is 43.2 Å². The Morgan fingerprint density at radius 2 is 0.641 bits per heavy atom. The number of rotatable bonds is 69. The first-order valence-electron chi connectivity index (χ1n) is 37.2. The molecule has 0 aliphatic carbocycles. The summed E-state index contributed by atoms with van der Waals surface area (Å²) in [5, 5.41) is 10.6. The summed E-state index contributed by atoms with van der Waals surface area (Å²) >= 11 is 0. The van der Waals surface area contributed by atoms with Crippen LogP contribution in [-0.2, 0) is 65.4 Å². The number of hydrogen-bond donors (Lipinski definition) is 3. The molecular formula is C73H138O17P2. The van der Waals surface area contributed by atoms with Gasteiger partial charge in [-0.05, 0) is 69.1 Å². The maximum Gasteiger partial charge on any atom is 0.472 e. The standard InChI is InChI=1S/C73H138O17P2/c1-8-10-11-12-13-14-15-16-17-18-21-27-32-40-47-54-70(75)83-60-68(89-73(78)57-50-43-34-29-24-23-26-31-39-46-53-66(7)9-2)62-87-91(79,80)85-58-67(74)59-86-92(81,82)88-63-69(61-84-71(76)55-48-41-36-35-38-45-52-65(5)6)90-72(77)56-49-42-33-28-22-19-20-25-30-37-44-51-64(3)4/h14-17,64-69,74H,8-13,18-63H2,1-7H3,(H,79,80)(H,81,82)/b15-14-,17-16-/t66?,67-,68-,69-/m1/s1. The molecule has 0 bridgehead atoms. The predicted octanol–water partition coefficient (Wildman–Crippen LogP) is 20.6. The summed E-state index contributed by atoms with van der Waals surface area (Å²) in [7, 11) is -9.92. The van der Waals surface area contributed by atoms with Gasteiger partial charge in [0.15, 0.2) is 12.2 Å². The summed E-state index contributed by atoms with van der Waals surface area (Å²) in [6.45, 7) is 11.7. The second kappa shape index (κ2) is 63.3. The molecule has 0 aliphatic rings. The van der Waals surface area contributed by atoms with Crippen molar-refractivity contribution in [2.45, 2.75) is 362 Å². The van der Waals surface area contributed by atoms with Gasteiger partial charge < -0.3 is 33.8 Å². The summed E-state index contributed by atoms with van der Waals surface area (Å²) in [6.07, 6.45) is 50.8. The van der Waals surface area contributed by atoms with Crippen LogP contribution < -0.4 is 0 Å². The van der Waals surface area contributed by atoms with Crippen LogP contribution in [0.5, 0.6) is 0 Å². The number of aliphatic hydroxyl groups is 1. The molecule has 0 aromatic heterocycles. The number of carbonyl (C=O) groups excluding carboxylic acids is 4. The first kappa shape index (κ1) is 89.5. The Hall–Kier alpha value is -2.46. The minimum Gasteiger partial charge on any atom is -0.462 e. The van der Waals surface area contributed by atoms with Crippen LogP contribution >= 0.6 is 15.6 Å². The molecule has 0 saturated heterocycles. The number of allylic oxidation sites excluding steroid dienone is 4. The molecule has 0 fully saturated rings. The highest BCUT2D eigenvalue weighted by Gasteiger charge is 2.30. The molecule has 542 valence electrons. The van der Waals surface area contributed by atoms with Crippen molar-refractivity contribution in [2.24, 2.45) is 17.8 Å². The number of hydrogen-bond acceptors (Lipinski definition) is 15. The van der Waals surface area contributed by atoms with E-state index in [2.05, 4.69) is 72.8 Å². The Balaban J connectivity index is 5.29. The fourth-order valence-electron chi connectivity index (χ4n) is 10.5. The summed E-state index contributed by atoms with van der Waals surface area (Å²) in [6, 6.07) is 0. The maximum absolute atomic E-state index is 13.0. The lowest BCUT2D eigenvalue weighted by Crippen LogP contribution is -2.30. The van der Waals surface area contributed by atoms with Gasteiger partial charge in [-0.3, -0.25) is 37.3 Å². The van der Waals surface area contributed by atoms with Gasteiger partial charge in [0.2, 0.25) is 0 Å². The average Bonchev–Trinajstić information content (AvgIpc) is 2.07. The Morgan fingerprint density at radius 1 is 0.359 bits per heavy atom. The van der Waals surface area contributed by atoms with E-state index in [4.69, 9.17) is 37.0 Å². The van der Waals surface area contributed by atoms with Crippen LogP contribution in [0.15, 0.2) is 24.3 Å². The van der Waals surface area contributed by atoms with Gasteiger partial charge in [0.1, 0.15) is 19.3 Å². The minimum absolute atomic E-state index is 0.0989. The van der Waals surface area contributed by atoms with E-state index in [0.29, 0.717) is 31.6 Å². The van der Waals surface area contributed by atoms with Gasteiger partial charge in [-0.1, -0.05) is 291 Å². The van der Waals surface area contributed by atoms with Crippen molar-refractivity contribution < 1.29 is 80.2 Å². The van der Waals surface area contributed by atoms with Gasteiger partial charge in [0.25, 0.3) is 0 Å². The Kier molecular flexibility index (Phi) is 61.6. The largest absolute Gasteiger partial charge is 0.472 e. The van der Waals surface area contributed by atoms with Crippen LogP contribution in [0.1, 0.15) is 344 Å². The Labute approximate surface area is 561 Å². The molecule has 6 atom stereocenters. The molecule has 92 heavy (non-hydrogen) atoms. The molecule has 3 unspecified atom stereocenters. The van der Waals surface area contributed by atoms with E-state index >= 15 is 0 Å². The van der Waals surface area contributed by atoms with E-state index < -0.39 is 97.5 Å². The highest BCUT2D eigenvalue weighted by atomic mass is 31.2. The SMILES string of the molecule is CCCCCC/C=C\C=C/CCCCCCCC(=O)OC[C@H](COP(=O)(O)OC[C@@H](O)COP(=O)(O)OC[C@@H](COC(=O)CCCCCCCCC(C)C)OC(=O)CCCCCCCCCCCCCC(C)C)OC(=O)CCCCCCCCCCCCC(C)CC. The van der Waals surface area contributed by atoms with Crippen molar-refractivity contribution in [1.82, 2.24) is 0 Å². The van der Waals surface area contributed by atoms with Gasteiger partial charge in [0.05, 0.1) is 26.4 Å². The summed E-state index contributed by atoms with van der Waals surface area (Å²) < 4.78 is 68.3. The molecule has 0 amide bonds. The van der Waals surface area contributed by atoms with Crippen molar-refractivity contribution in [1.29, 1.82) is 0 Å². The van der Waals surface area contributed by atoms with E-state index in [-0.39, 0.29) is 25.7 Å². The molecule has 0 spiro atoms. The van der Waals surface area contributed by atoms with Gasteiger partial charge in [-0.2, -0.15) is 0 Å². The lowest BCUT2D eigenvalue weighted by molar-refractivity contribution is -0.161. The van der Waals surface area contributed by atoms with Crippen LogP contribution in [0.25, 0.3) is 0 Å². The van der Waals surface area contributed by atoms with E-state index in [1.54, 1.807) is 0 Å². The Bertz CT molecular complexity index is 1900. The van der Waals surface area contributed by atoms with E-state index in [1.165, 1.54) is 128 Å². The fraction of sp³-hybridized carbons (Fsp3) is 0.890. The number of carbonyl (C=O) groups is 4. The van der Waals surface area contributed by atoms with E-state index in [1.807, 2.05) is 0 Å². The minimum atomic E-state index is -4.96. The zero-order chi connectivity index (χ0) is 68.0. The second-order valence-electron chi connectivity index (χ2n) is 26.8. The first-order valence-corrected chi connectivity index (χ1v) is 40.2. The molecule has 17 nitrogen and oxygen atoms in total. The third kappa shape index (κ3) is 64.9. The van der Waals surface area contributed by atoms with Crippen molar-refractivity contribution >= 4 is 39.5 Å². The van der Waals surface area contributed by atoms with Gasteiger partial charge in [0, 0.05) is 25.7 Å². The Morgan fingerprint density at radius 3 is 0.967 bits per heavy atom. The molecule has 0 aromatic rings. The third-order valence-electron chi connectivity index (χ3n) is 16.6. The van der Waals surface area contributed by atoms with Crippen LogP contribution in [0.4, 0.5) is 0 Å². The van der Waals surface area contributed by atoms with E-state index in [0.717, 1.165) is 127 Å². The van der Waals surface area contributed by atoms with Crippen molar-refractivity contribution in [2.75, 3.05) is 39.6 Å². The monoisotopic (exact) mass is 1350 g/mol. The summed E-state index contributed by atoms with van der Waals surface area (Å²) in [4.78, 5) is 72.6. The normalized spacial score (nSPS) is 14.6. The number of ether oxygens (including phenoxy) is 4. The second-order valence-corrected chi connectivity index (χ2v) is 29.7. The molecule has 0 aliphatic heterocycles. The highest BCUT2D eigenvalue weighted by Crippen LogP contribution is 2.45. The first-order chi connectivity index (χ1) is 44.3. The fourth-order valence-corrected chi connectivity index (χ4v) is 12.1. The number of phosphoric ester groups is 2. The van der Waals surface area contributed by atoms with Crippen molar-refractivity contribution in [3.05, 3.63) is 24.3 Å². The van der Waals surface area contributed by atoms with Crippen LogP contribution in [0.3, 0.4) is 0 Å². The topological polar surface area (TPSA) is 237 Å². The quantitative estimate of drug-likeness (QED) is 0.0169. The van der Waals surface area contributed by atoms with Crippen LogP contribution in [0.2, 0.25) is 0 Å². The summed E-state index contributed by atoms with van der Waals surface area (Å²) in [5.74, 6) is 0.0871. The molecule has 3 N–H and O–H groups in total. The maximum atomic E-state index is 13.0. The van der Waals surface area contributed by atoms with Gasteiger partial charge in [-0.15, -0.1) is 0 Å². The molecule has 0 saturated carbocycles. The van der Waals surface area contributed by atoms with Crippen LogP contribution in [0, 0.1) is 17.8 Å². The lowest BCUT2D eigenvalue weighted by atomic mass is 9.99. The number of aliphatic hydroxyl groups excluding tert-OH is 1. The molecule has 0 radical (unpaired) electrons.